The molecule has 0 amide bonds. The van der Waals surface area contributed by atoms with Crippen LogP contribution in [-0.4, -0.2) is 41.0 Å². The summed E-state index contributed by atoms with van der Waals surface area (Å²) in [5.74, 6) is -2.07. The van der Waals surface area contributed by atoms with Crippen LogP contribution in [0.5, 0.6) is 11.5 Å². The Labute approximate surface area is 254 Å². The van der Waals surface area contributed by atoms with Crippen molar-refractivity contribution in [3.05, 3.63) is 76.9 Å². The van der Waals surface area contributed by atoms with E-state index in [2.05, 4.69) is 39.7 Å². The number of rotatable bonds is 7. The maximum absolute atomic E-state index is 15.8. The highest BCUT2D eigenvalue weighted by atomic mass is 32.2. The summed E-state index contributed by atoms with van der Waals surface area (Å²) in [6, 6.07) is 2.91. The molecule has 0 spiro atoms. The molecule has 43 heavy (non-hydrogen) atoms. The van der Waals surface area contributed by atoms with Gasteiger partial charge in [-0.25, -0.2) is 13.8 Å². The topological polar surface area (TPSA) is 71.2 Å². The fourth-order valence-corrected chi connectivity index (χ4v) is 6.94. The summed E-state index contributed by atoms with van der Waals surface area (Å²) in [5.41, 5.74) is 1.83. The number of hydrogen-bond acceptors (Lipinski definition) is 6. The number of ether oxygens (including phenoxy) is 2. The predicted octanol–water partition coefficient (Wildman–Crippen LogP) is 7.65. The van der Waals surface area contributed by atoms with Gasteiger partial charge in [0.15, 0.2) is 11.6 Å². The lowest BCUT2D eigenvalue weighted by Crippen LogP contribution is -2.45. The van der Waals surface area contributed by atoms with Crippen LogP contribution in [0.3, 0.4) is 0 Å². The average Bonchev–Trinajstić information content (AvgIpc) is 3.67. The van der Waals surface area contributed by atoms with Gasteiger partial charge in [-0.05, 0) is 57.6 Å². The third-order valence-corrected chi connectivity index (χ3v) is 9.48. The summed E-state index contributed by atoms with van der Waals surface area (Å²) in [6.45, 7) is 9.53. The van der Waals surface area contributed by atoms with Gasteiger partial charge in [-0.3, -0.25) is 0 Å². The van der Waals surface area contributed by atoms with E-state index in [1.165, 1.54) is 23.9 Å². The number of hydrogen-bond donors (Lipinski definition) is 3. The SMILES string of the molecule is CSc1c2c(c(F)c(F)c1Oc1cc(-c3ncc(C4(C)CCOC5C=CC=CC54)[nH]3)c(F)cc1CNC(C)(C)C)NCC2. The minimum atomic E-state index is -1.07. The zero-order chi connectivity index (χ0) is 30.5. The number of anilines is 1. The molecule has 6 rings (SSSR count). The first kappa shape index (κ1) is 29.8. The monoisotopic (exact) mass is 610 g/mol. The fourth-order valence-electron chi connectivity index (χ4n) is 6.17. The lowest BCUT2D eigenvalue weighted by Gasteiger charge is -2.44. The molecule has 10 heteroatoms. The molecule has 1 aromatic heterocycles. The highest BCUT2D eigenvalue weighted by Crippen LogP contribution is 2.46. The molecule has 3 aliphatic rings. The summed E-state index contributed by atoms with van der Waals surface area (Å²) >= 11 is 1.30. The highest BCUT2D eigenvalue weighted by molar-refractivity contribution is 7.98. The molecule has 0 bridgehead atoms. The Morgan fingerprint density at radius 1 is 1.16 bits per heavy atom. The van der Waals surface area contributed by atoms with E-state index in [-0.39, 0.29) is 52.3 Å². The van der Waals surface area contributed by atoms with Gasteiger partial charge in [-0.15, -0.1) is 11.8 Å². The van der Waals surface area contributed by atoms with Crippen molar-refractivity contribution in [2.45, 2.75) is 69.0 Å². The number of aromatic amines is 1. The minimum Gasteiger partial charge on any atom is -0.453 e. The van der Waals surface area contributed by atoms with Crippen molar-refractivity contribution in [2.24, 2.45) is 5.92 Å². The number of benzene rings is 2. The van der Waals surface area contributed by atoms with E-state index in [1.807, 2.05) is 32.9 Å². The summed E-state index contributed by atoms with van der Waals surface area (Å²) in [7, 11) is 0. The lowest BCUT2D eigenvalue weighted by atomic mass is 9.67. The molecule has 3 heterocycles. The van der Waals surface area contributed by atoms with E-state index in [4.69, 9.17) is 9.47 Å². The number of nitrogens with zero attached hydrogens (tertiary/aromatic N) is 1. The number of imidazole rings is 1. The molecule has 1 fully saturated rings. The fraction of sp³-hybridized carbons (Fsp3) is 0.424. The average molecular weight is 611 g/mol. The molecule has 6 nitrogen and oxygen atoms in total. The van der Waals surface area contributed by atoms with Gasteiger partial charge in [0.1, 0.15) is 17.4 Å². The Morgan fingerprint density at radius 2 is 1.95 bits per heavy atom. The summed E-state index contributed by atoms with van der Waals surface area (Å²) in [6.07, 6.45) is 13.1. The first-order valence-corrected chi connectivity index (χ1v) is 15.8. The first-order chi connectivity index (χ1) is 20.5. The smallest absolute Gasteiger partial charge is 0.204 e. The van der Waals surface area contributed by atoms with Crippen LogP contribution < -0.4 is 15.4 Å². The van der Waals surface area contributed by atoms with Crippen LogP contribution in [0.15, 0.2) is 47.5 Å². The van der Waals surface area contributed by atoms with Crippen molar-refractivity contribution in [1.29, 1.82) is 0 Å². The lowest BCUT2D eigenvalue weighted by molar-refractivity contribution is -0.0239. The van der Waals surface area contributed by atoms with Crippen LogP contribution in [0.2, 0.25) is 0 Å². The van der Waals surface area contributed by atoms with Gasteiger partial charge in [0.05, 0.1) is 22.3 Å². The van der Waals surface area contributed by atoms with Crippen LogP contribution in [-0.2, 0) is 23.1 Å². The van der Waals surface area contributed by atoms with Crippen molar-refractivity contribution in [2.75, 3.05) is 24.7 Å². The van der Waals surface area contributed by atoms with Crippen molar-refractivity contribution < 1.29 is 22.6 Å². The Kier molecular flexibility index (Phi) is 7.89. The maximum atomic E-state index is 15.8. The van der Waals surface area contributed by atoms with Crippen LogP contribution in [0.1, 0.15) is 50.9 Å². The summed E-state index contributed by atoms with van der Waals surface area (Å²) in [4.78, 5) is 8.48. The zero-order valence-electron chi connectivity index (χ0n) is 25.0. The number of nitrogens with one attached hydrogen (secondary N) is 3. The molecular formula is C33H37F3N4O2S. The highest BCUT2D eigenvalue weighted by Gasteiger charge is 2.44. The van der Waals surface area contributed by atoms with Crippen LogP contribution in [0.25, 0.3) is 11.4 Å². The summed E-state index contributed by atoms with van der Waals surface area (Å²) < 4.78 is 58.6. The molecule has 1 saturated heterocycles. The van der Waals surface area contributed by atoms with E-state index in [9.17, 15) is 0 Å². The molecule has 0 radical (unpaired) electrons. The molecule has 228 valence electrons. The van der Waals surface area contributed by atoms with Gasteiger partial charge in [-0.2, -0.15) is 4.39 Å². The number of allylic oxidation sites excluding steroid dienone is 2. The molecule has 1 aliphatic carbocycles. The van der Waals surface area contributed by atoms with E-state index in [0.717, 1.165) is 12.1 Å². The number of halogens is 3. The van der Waals surface area contributed by atoms with Gasteiger partial charge in [0.2, 0.25) is 5.82 Å². The van der Waals surface area contributed by atoms with Crippen molar-refractivity contribution in [1.82, 2.24) is 15.3 Å². The molecule has 0 saturated carbocycles. The van der Waals surface area contributed by atoms with E-state index in [0.29, 0.717) is 41.4 Å². The maximum Gasteiger partial charge on any atom is 0.204 e. The molecule has 3 unspecified atom stereocenters. The molecule has 3 N–H and O–H groups in total. The normalized spacial score (nSPS) is 22.8. The largest absolute Gasteiger partial charge is 0.453 e. The van der Waals surface area contributed by atoms with Crippen molar-refractivity contribution in [3.8, 4) is 22.9 Å². The van der Waals surface area contributed by atoms with Crippen LogP contribution in [0.4, 0.5) is 18.9 Å². The second-order valence-corrected chi connectivity index (χ2v) is 13.4. The van der Waals surface area contributed by atoms with Crippen molar-refractivity contribution in [3.63, 3.8) is 0 Å². The minimum absolute atomic E-state index is 0.0368. The Bertz CT molecular complexity index is 1610. The molecule has 3 aromatic rings. The zero-order valence-corrected chi connectivity index (χ0v) is 25.9. The Balaban J connectivity index is 1.41. The van der Waals surface area contributed by atoms with Crippen LogP contribution >= 0.6 is 11.8 Å². The quantitative estimate of drug-likeness (QED) is 0.239. The Morgan fingerprint density at radius 3 is 2.72 bits per heavy atom. The number of thioether (sulfide) groups is 1. The third kappa shape index (κ3) is 5.49. The number of H-pyrrole nitrogens is 1. The third-order valence-electron chi connectivity index (χ3n) is 8.64. The molecule has 2 aromatic carbocycles. The summed E-state index contributed by atoms with van der Waals surface area (Å²) in [5, 5.41) is 6.29. The second-order valence-electron chi connectivity index (χ2n) is 12.6. The predicted molar refractivity (Wildman–Crippen MR) is 164 cm³/mol. The van der Waals surface area contributed by atoms with Gasteiger partial charge in [0.25, 0.3) is 0 Å². The molecule has 2 aliphatic heterocycles. The van der Waals surface area contributed by atoms with Gasteiger partial charge in [0, 0.05) is 54.0 Å². The van der Waals surface area contributed by atoms with Gasteiger partial charge >= 0.3 is 0 Å². The molecule has 3 atom stereocenters. The molecular weight excluding hydrogens is 573 g/mol. The van der Waals surface area contributed by atoms with E-state index in [1.54, 1.807) is 12.5 Å². The van der Waals surface area contributed by atoms with E-state index >= 15 is 13.2 Å². The van der Waals surface area contributed by atoms with Crippen molar-refractivity contribution >= 4 is 17.4 Å². The van der Waals surface area contributed by atoms with Crippen LogP contribution in [0, 0.1) is 23.4 Å². The standard InChI is InChI=1S/C33H37F3N4O2S/c1-32(2,3)39-16-18-14-22(34)20(15-24(18)42-29-27(36)26(35)28-19(10-12-37-28)30(29)43-5)31-38-17-25(40-31)33(4)11-13-41-23-9-7-6-8-21(23)33/h6-9,14-15,17,21,23,37,39H,10-13,16H2,1-5H3,(H,38,40). The van der Waals surface area contributed by atoms with Gasteiger partial charge < -0.3 is 25.1 Å². The first-order valence-electron chi connectivity index (χ1n) is 14.6. The van der Waals surface area contributed by atoms with E-state index < -0.39 is 17.5 Å². The second kappa shape index (κ2) is 11.4. The van der Waals surface area contributed by atoms with Gasteiger partial charge in [-0.1, -0.05) is 31.2 Å². The number of aromatic nitrogens is 2. The Hall–Kier alpha value is -3.21. The number of fused-ring (bicyclic) bond motifs is 2.